The first kappa shape index (κ1) is 16.4. The Hall–Kier alpha value is -0.980. The molecule has 1 aliphatic heterocycles. The average molecular weight is 315 g/mol. The van der Waals surface area contributed by atoms with Gasteiger partial charge >= 0.3 is 0 Å². The third kappa shape index (κ3) is 3.81. The normalized spacial score (nSPS) is 23.1. The highest BCUT2D eigenvalue weighted by Crippen LogP contribution is 2.26. The van der Waals surface area contributed by atoms with Gasteiger partial charge in [-0.15, -0.1) is 0 Å². The highest BCUT2D eigenvalue weighted by atomic mass is 32.2. The van der Waals surface area contributed by atoms with Crippen molar-refractivity contribution >= 4 is 10.0 Å². The van der Waals surface area contributed by atoms with Gasteiger partial charge in [-0.1, -0.05) is 18.2 Å². The number of ether oxygens (including phenoxy) is 1. The van der Waals surface area contributed by atoms with E-state index in [0.717, 1.165) is 0 Å². The zero-order valence-electron chi connectivity index (χ0n) is 12.7. The summed E-state index contributed by atoms with van der Waals surface area (Å²) >= 11 is 0. The van der Waals surface area contributed by atoms with Crippen molar-refractivity contribution in [1.82, 2.24) is 4.31 Å². The molecule has 0 bridgehead atoms. The molecular formula is C15H22FNO3S. The third-order valence-electron chi connectivity index (χ3n) is 3.74. The van der Waals surface area contributed by atoms with Crippen molar-refractivity contribution in [1.29, 1.82) is 0 Å². The Balaban J connectivity index is 2.12. The van der Waals surface area contributed by atoms with E-state index < -0.39 is 15.6 Å². The predicted octanol–water partition coefficient (Wildman–Crippen LogP) is 2.20. The summed E-state index contributed by atoms with van der Waals surface area (Å²) in [6.45, 7) is 6.26. The van der Waals surface area contributed by atoms with Crippen LogP contribution in [0.2, 0.25) is 0 Å². The van der Waals surface area contributed by atoms with E-state index in [1.807, 2.05) is 20.8 Å². The van der Waals surface area contributed by atoms with Crippen LogP contribution in [0.5, 0.6) is 0 Å². The molecule has 0 aromatic heterocycles. The van der Waals surface area contributed by atoms with Crippen molar-refractivity contribution in [2.75, 3.05) is 18.9 Å². The van der Waals surface area contributed by atoms with Crippen molar-refractivity contribution in [2.45, 2.75) is 38.8 Å². The molecular weight excluding hydrogens is 293 g/mol. The zero-order valence-corrected chi connectivity index (χ0v) is 13.5. The van der Waals surface area contributed by atoms with Crippen molar-refractivity contribution in [3.63, 3.8) is 0 Å². The quantitative estimate of drug-likeness (QED) is 0.856. The van der Waals surface area contributed by atoms with Gasteiger partial charge in [-0.2, -0.15) is 4.31 Å². The van der Waals surface area contributed by atoms with Gasteiger partial charge in [0.1, 0.15) is 5.82 Å². The monoisotopic (exact) mass is 315 g/mol. The number of hydrogen-bond donors (Lipinski definition) is 0. The number of nitrogens with zero attached hydrogens (tertiary/aromatic N) is 1. The van der Waals surface area contributed by atoms with E-state index in [-0.39, 0.29) is 24.1 Å². The van der Waals surface area contributed by atoms with Gasteiger partial charge in [-0.3, -0.25) is 0 Å². The maximum absolute atomic E-state index is 13.6. The molecule has 118 valence electrons. The minimum atomic E-state index is -3.45. The molecule has 0 saturated carbocycles. The summed E-state index contributed by atoms with van der Waals surface area (Å²) in [5, 5.41) is 0. The lowest BCUT2D eigenvalue weighted by atomic mass is 10.1. The summed E-state index contributed by atoms with van der Waals surface area (Å²) < 4.78 is 45.8. The number of halogens is 1. The van der Waals surface area contributed by atoms with Crippen LogP contribution in [0.4, 0.5) is 4.39 Å². The van der Waals surface area contributed by atoms with Gasteiger partial charge in [0.25, 0.3) is 0 Å². The van der Waals surface area contributed by atoms with Crippen LogP contribution in [0.3, 0.4) is 0 Å². The van der Waals surface area contributed by atoms with Gasteiger partial charge in [-0.05, 0) is 38.8 Å². The molecule has 0 spiro atoms. The maximum Gasteiger partial charge on any atom is 0.215 e. The van der Waals surface area contributed by atoms with Crippen molar-refractivity contribution in [3.05, 3.63) is 35.6 Å². The van der Waals surface area contributed by atoms with Crippen LogP contribution in [0, 0.1) is 5.82 Å². The summed E-state index contributed by atoms with van der Waals surface area (Å²) in [5.41, 5.74) is -0.138. The molecule has 1 aromatic carbocycles. The molecule has 0 N–H and O–H groups in total. The minimum Gasteiger partial charge on any atom is -0.375 e. The molecule has 0 radical (unpaired) electrons. The molecule has 21 heavy (non-hydrogen) atoms. The largest absolute Gasteiger partial charge is 0.375 e. The fraction of sp³-hybridized carbons (Fsp3) is 0.600. The van der Waals surface area contributed by atoms with E-state index in [1.165, 1.54) is 10.4 Å². The third-order valence-corrected chi connectivity index (χ3v) is 5.78. The van der Waals surface area contributed by atoms with Crippen LogP contribution in [0.1, 0.15) is 26.3 Å². The second-order valence-corrected chi connectivity index (χ2v) is 8.14. The Morgan fingerprint density at radius 1 is 1.38 bits per heavy atom. The fourth-order valence-corrected chi connectivity index (χ4v) is 4.43. The Labute approximate surface area is 126 Å². The number of benzene rings is 1. The van der Waals surface area contributed by atoms with E-state index in [2.05, 4.69) is 0 Å². The van der Waals surface area contributed by atoms with Gasteiger partial charge in [0.15, 0.2) is 0 Å². The molecule has 1 aliphatic rings. The lowest BCUT2D eigenvalue weighted by molar-refractivity contribution is -0.0550. The number of aryl methyl sites for hydroxylation is 1. The number of morpholine rings is 1. The van der Waals surface area contributed by atoms with Crippen molar-refractivity contribution < 1.29 is 17.5 Å². The highest BCUT2D eigenvalue weighted by Gasteiger charge is 2.40. The number of sulfonamides is 1. The average Bonchev–Trinajstić information content (AvgIpc) is 2.40. The topological polar surface area (TPSA) is 46.6 Å². The summed E-state index contributed by atoms with van der Waals surface area (Å²) in [7, 11) is -3.45. The lowest BCUT2D eigenvalue weighted by Gasteiger charge is -2.43. The fourth-order valence-electron chi connectivity index (χ4n) is 2.49. The smallest absolute Gasteiger partial charge is 0.215 e. The highest BCUT2D eigenvalue weighted by molar-refractivity contribution is 7.89. The standard InChI is InChI=1S/C15H22FNO3S/c1-12-10-17(15(2,3)11-20-12)21(18,19)9-8-13-6-4-5-7-14(13)16/h4-7,12H,8-11H2,1-3H3. The van der Waals surface area contributed by atoms with E-state index in [4.69, 9.17) is 4.74 Å². The molecule has 4 nitrogen and oxygen atoms in total. The first-order chi connectivity index (χ1) is 9.72. The minimum absolute atomic E-state index is 0.0932. The Morgan fingerprint density at radius 2 is 2.05 bits per heavy atom. The Bertz CT molecular complexity index is 601. The lowest BCUT2D eigenvalue weighted by Crippen LogP contribution is -2.58. The van der Waals surface area contributed by atoms with Gasteiger partial charge in [0.05, 0.1) is 24.0 Å². The van der Waals surface area contributed by atoms with Crippen LogP contribution in [0.15, 0.2) is 24.3 Å². The molecule has 1 unspecified atom stereocenters. The summed E-state index contributed by atoms with van der Waals surface area (Å²) in [5.74, 6) is -0.452. The zero-order chi connectivity index (χ0) is 15.7. The van der Waals surface area contributed by atoms with Gasteiger partial charge < -0.3 is 4.74 Å². The second-order valence-electron chi connectivity index (χ2n) is 6.12. The molecule has 1 fully saturated rings. The molecule has 6 heteroatoms. The van der Waals surface area contributed by atoms with E-state index in [0.29, 0.717) is 18.7 Å². The van der Waals surface area contributed by atoms with Crippen molar-refractivity contribution in [2.24, 2.45) is 0 Å². The summed E-state index contributed by atoms with van der Waals surface area (Å²) in [6.07, 6.45) is 0.0536. The van der Waals surface area contributed by atoms with Gasteiger partial charge in [-0.25, -0.2) is 12.8 Å². The van der Waals surface area contributed by atoms with Gasteiger partial charge in [0, 0.05) is 6.54 Å². The second kappa shape index (κ2) is 6.02. The van der Waals surface area contributed by atoms with E-state index >= 15 is 0 Å². The first-order valence-electron chi connectivity index (χ1n) is 7.08. The van der Waals surface area contributed by atoms with Crippen LogP contribution < -0.4 is 0 Å². The SMILES string of the molecule is CC1CN(S(=O)(=O)CCc2ccccc2F)C(C)(C)CO1. The molecule has 0 amide bonds. The first-order valence-corrected chi connectivity index (χ1v) is 8.69. The van der Waals surface area contributed by atoms with Gasteiger partial charge in [0.2, 0.25) is 10.0 Å². The molecule has 1 saturated heterocycles. The predicted molar refractivity (Wildman–Crippen MR) is 80.1 cm³/mol. The Morgan fingerprint density at radius 3 is 2.71 bits per heavy atom. The van der Waals surface area contributed by atoms with Crippen LogP contribution >= 0.6 is 0 Å². The Kier molecular flexibility index (Phi) is 4.70. The van der Waals surface area contributed by atoms with Crippen molar-refractivity contribution in [3.8, 4) is 0 Å². The number of rotatable bonds is 4. The van der Waals surface area contributed by atoms with Crippen LogP contribution in [-0.4, -0.2) is 43.3 Å². The molecule has 1 heterocycles. The number of hydrogen-bond acceptors (Lipinski definition) is 3. The van der Waals surface area contributed by atoms with Crippen LogP contribution in [0.25, 0.3) is 0 Å². The molecule has 2 rings (SSSR count). The van der Waals surface area contributed by atoms with E-state index in [1.54, 1.807) is 18.2 Å². The van der Waals surface area contributed by atoms with Crippen LogP contribution in [-0.2, 0) is 21.2 Å². The summed E-state index contributed by atoms with van der Waals surface area (Å²) in [4.78, 5) is 0. The molecule has 1 atom stereocenters. The molecule has 1 aromatic rings. The maximum atomic E-state index is 13.6. The summed E-state index contributed by atoms with van der Waals surface area (Å²) in [6, 6.07) is 6.28. The van der Waals surface area contributed by atoms with E-state index in [9.17, 15) is 12.8 Å². The molecule has 0 aliphatic carbocycles.